The van der Waals surface area contributed by atoms with Crippen molar-refractivity contribution >= 4 is 17.1 Å². The van der Waals surface area contributed by atoms with Crippen molar-refractivity contribution < 1.29 is 22.7 Å². The summed E-state index contributed by atoms with van der Waals surface area (Å²) in [5.41, 5.74) is 0.804. The van der Waals surface area contributed by atoms with E-state index in [1.807, 2.05) is 26.0 Å². The number of rotatable bonds is 7. The minimum Gasteiger partial charge on any atom is -0.497 e. The first kappa shape index (κ1) is 25.5. The number of imidazole rings is 1. The number of hydrogen-bond donors (Lipinski definition) is 0. The number of pyridine rings is 1. The Morgan fingerprint density at radius 1 is 1.15 bits per heavy atom. The standard InChI is InChI=1S/C23H25F3N4O2.C2H6/c1-3-4-16-9-20(31)29(12-16)13-17-10-19(23(24,25)26)28-22-21(17)27-14-30(22)11-15-5-7-18(32-2)8-6-15;1-2/h5-8,10,14,16H,3-4,9,11-13H2,1-2H3;1-2H3. The fourth-order valence-electron chi connectivity index (χ4n) is 4.22. The van der Waals surface area contributed by atoms with Gasteiger partial charge in [0.1, 0.15) is 17.0 Å². The van der Waals surface area contributed by atoms with Crippen LogP contribution in [0.2, 0.25) is 0 Å². The third-order valence-corrected chi connectivity index (χ3v) is 5.81. The predicted octanol–water partition coefficient (Wildman–Crippen LogP) is 5.68. The number of alkyl halides is 3. The molecule has 1 unspecified atom stereocenters. The van der Waals surface area contributed by atoms with Gasteiger partial charge in [-0.2, -0.15) is 13.2 Å². The summed E-state index contributed by atoms with van der Waals surface area (Å²) >= 11 is 0. The highest BCUT2D eigenvalue weighted by molar-refractivity contribution is 5.80. The van der Waals surface area contributed by atoms with Crippen molar-refractivity contribution in [2.45, 2.75) is 59.3 Å². The monoisotopic (exact) mass is 476 g/mol. The van der Waals surface area contributed by atoms with E-state index in [1.165, 1.54) is 6.33 Å². The molecule has 0 saturated carbocycles. The van der Waals surface area contributed by atoms with Gasteiger partial charge in [-0.25, -0.2) is 9.97 Å². The summed E-state index contributed by atoms with van der Waals surface area (Å²) in [4.78, 5) is 22.3. The van der Waals surface area contributed by atoms with Gasteiger partial charge < -0.3 is 14.2 Å². The van der Waals surface area contributed by atoms with Gasteiger partial charge in [-0.3, -0.25) is 4.79 Å². The van der Waals surface area contributed by atoms with E-state index < -0.39 is 11.9 Å². The van der Waals surface area contributed by atoms with Gasteiger partial charge in [0, 0.05) is 25.1 Å². The molecule has 1 saturated heterocycles. The molecule has 1 aliphatic rings. The Balaban J connectivity index is 0.00000158. The summed E-state index contributed by atoms with van der Waals surface area (Å²) in [5.74, 6) is 0.917. The minimum atomic E-state index is -4.60. The van der Waals surface area contributed by atoms with Crippen LogP contribution in [0, 0.1) is 5.92 Å². The first-order valence-electron chi connectivity index (χ1n) is 11.6. The highest BCUT2D eigenvalue weighted by Crippen LogP contribution is 2.32. The van der Waals surface area contributed by atoms with Crippen LogP contribution in [0.4, 0.5) is 13.2 Å². The van der Waals surface area contributed by atoms with Crippen molar-refractivity contribution in [2.75, 3.05) is 13.7 Å². The second kappa shape index (κ2) is 10.9. The predicted molar refractivity (Wildman–Crippen MR) is 124 cm³/mol. The Hall–Kier alpha value is -3.10. The Morgan fingerprint density at radius 3 is 2.47 bits per heavy atom. The van der Waals surface area contributed by atoms with E-state index in [4.69, 9.17) is 4.74 Å². The number of methoxy groups -OCH3 is 1. The molecule has 9 heteroatoms. The molecule has 1 aliphatic heterocycles. The second-order valence-corrected chi connectivity index (χ2v) is 8.19. The summed E-state index contributed by atoms with van der Waals surface area (Å²) in [6.45, 7) is 7.03. The van der Waals surface area contributed by atoms with Crippen LogP contribution in [0.3, 0.4) is 0 Å². The van der Waals surface area contributed by atoms with Crippen LogP contribution in [0.15, 0.2) is 36.7 Å². The number of aromatic nitrogens is 3. The van der Waals surface area contributed by atoms with Crippen LogP contribution in [-0.2, 0) is 24.1 Å². The van der Waals surface area contributed by atoms with Crippen molar-refractivity contribution in [2.24, 2.45) is 5.92 Å². The Bertz CT molecular complexity index is 1110. The van der Waals surface area contributed by atoms with E-state index in [0.29, 0.717) is 36.3 Å². The molecule has 0 N–H and O–H groups in total. The smallest absolute Gasteiger partial charge is 0.433 e. The SMILES string of the molecule is CC.CCCC1CC(=O)N(Cc2cc(C(F)(F)F)nc3c2ncn3Cc2ccc(OC)cc2)C1. The van der Waals surface area contributed by atoms with Crippen molar-refractivity contribution in [3.05, 3.63) is 53.5 Å². The molecule has 1 fully saturated rings. The van der Waals surface area contributed by atoms with E-state index in [0.717, 1.165) is 24.5 Å². The number of ether oxygens (including phenoxy) is 1. The van der Waals surface area contributed by atoms with Gasteiger partial charge in [0.05, 0.1) is 20.0 Å². The van der Waals surface area contributed by atoms with Gasteiger partial charge in [-0.1, -0.05) is 39.3 Å². The Kier molecular flexibility index (Phi) is 8.17. The summed E-state index contributed by atoms with van der Waals surface area (Å²) in [6, 6.07) is 8.29. The highest BCUT2D eigenvalue weighted by Gasteiger charge is 2.35. The minimum absolute atomic E-state index is 0.0281. The lowest BCUT2D eigenvalue weighted by molar-refractivity contribution is -0.141. The molecule has 0 radical (unpaired) electrons. The molecule has 3 aromatic rings. The highest BCUT2D eigenvalue weighted by atomic mass is 19.4. The van der Waals surface area contributed by atoms with Crippen LogP contribution in [0.5, 0.6) is 5.75 Å². The van der Waals surface area contributed by atoms with Gasteiger partial charge in [0.15, 0.2) is 5.65 Å². The van der Waals surface area contributed by atoms with E-state index in [2.05, 4.69) is 16.9 Å². The zero-order valence-corrected chi connectivity index (χ0v) is 20.0. The normalized spacial score (nSPS) is 16.0. The molecular formula is C25H31F3N4O2. The zero-order chi connectivity index (χ0) is 24.9. The molecular weight excluding hydrogens is 445 g/mol. The van der Waals surface area contributed by atoms with Crippen molar-refractivity contribution in [3.63, 3.8) is 0 Å². The van der Waals surface area contributed by atoms with E-state index >= 15 is 0 Å². The number of nitrogens with zero attached hydrogens (tertiary/aromatic N) is 4. The molecule has 184 valence electrons. The number of hydrogen-bond acceptors (Lipinski definition) is 4. The molecule has 0 bridgehead atoms. The molecule has 0 aliphatic carbocycles. The van der Waals surface area contributed by atoms with Gasteiger partial charge in [-0.05, 0) is 36.1 Å². The van der Waals surface area contributed by atoms with Gasteiger partial charge in [-0.15, -0.1) is 0 Å². The average molecular weight is 477 g/mol. The van der Waals surface area contributed by atoms with E-state index in [9.17, 15) is 18.0 Å². The number of likely N-dealkylation sites (tertiary alicyclic amines) is 1. The molecule has 0 spiro atoms. The lowest BCUT2D eigenvalue weighted by Crippen LogP contribution is -2.25. The van der Waals surface area contributed by atoms with Crippen LogP contribution >= 0.6 is 0 Å². The second-order valence-electron chi connectivity index (χ2n) is 8.19. The summed E-state index contributed by atoms with van der Waals surface area (Å²) in [6.07, 6.45) is -0.757. The first-order chi connectivity index (χ1) is 16.3. The van der Waals surface area contributed by atoms with Gasteiger partial charge in [0.25, 0.3) is 0 Å². The van der Waals surface area contributed by atoms with Crippen molar-refractivity contribution in [3.8, 4) is 5.75 Å². The number of benzene rings is 1. The molecule has 34 heavy (non-hydrogen) atoms. The first-order valence-corrected chi connectivity index (χ1v) is 11.6. The van der Waals surface area contributed by atoms with E-state index in [-0.39, 0.29) is 24.0 Å². The molecule has 3 heterocycles. The number of amides is 1. The lowest BCUT2D eigenvalue weighted by Gasteiger charge is -2.18. The van der Waals surface area contributed by atoms with E-state index in [1.54, 1.807) is 28.7 Å². The van der Waals surface area contributed by atoms with Crippen LogP contribution in [0.1, 0.15) is 56.9 Å². The molecule has 1 atom stereocenters. The molecule has 6 nitrogen and oxygen atoms in total. The largest absolute Gasteiger partial charge is 0.497 e. The average Bonchev–Trinajstić information content (AvgIpc) is 3.38. The Labute approximate surface area is 197 Å². The summed E-state index contributed by atoms with van der Waals surface area (Å²) in [5, 5.41) is 0. The molecule has 2 aromatic heterocycles. The third-order valence-electron chi connectivity index (χ3n) is 5.81. The van der Waals surface area contributed by atoms with Crippen molar-refractivity contribution in [1.82, 2.24) is 19.4 Å². The number of carbonyl (C=O) groups is 1. The maximum Gasteiger partial charge on any atom is 0.433 e. The Morgan fingerprint density at radius 2 is 1.85 bits per heavy atom. The van der Waals surface area contributed by atoms with Gasteiger partial charge >= 0.3 is 6.18 Å². The van der Waals surface area contributed by atoms with Crippen molar-refractivity contribution in [1.29, 1.82) is 0 Å². The fourth-order valence-corrected chi connectivity index (χ4v) is 4.22. The fraction of sp³-hybridized carbons (Fsp3) is 0.480. The number of fused-ring (bicyclic) bond motifs is 1. The zero-order valence-electron chi connectivity index (χ0n) is 20.0. The summed E-state index contributed by atoms with van der Waals surface area (Å²) in [7, 11) is 1.57. The molecule has 4 rings (SSSR count). The number of halogens is 3. The van der Waals surface area contributed by atoms with Gasteiger partial charge in [0.2, 0.25) is 5.91 Å². The quantitative estimate of drug-likeness (QED) is 0.440. The maximum absolute atomic E-state index is 13.6. The molecule has 1 amide bonds. The molecule has 1 aromatic carbocycles. The van der Waals surface area contributed by atoms with Crippen LogP contribution in [-0.4, -0.2) is 39.0 Å². The maximum atomic E-state index is 13.6. The summed E-state index contributed by atoms with van der Waals surface area (Å²) < 4.78 is 47.6. The van der Waals surface area contributed by atoms with Crippen LogP contribution < -0.4 is 4.74 Å². The topological polar surface area (TPSA) is 60.2 Å². The number of carbonyl (C=O) groups excluding carboxylic acids is 1. The third kappa shape index (κ3) is 5.69. The lowest BCUT2D eigenvalue weighted by atomic mass is 10.0. The van der Waals surface area contributed by atoms with Crippen LogP contribution in [0.25, 0.3) is 11.2 Å².